The second-order valence-corrected chi connectivity index (χ2v) is 6.61. The van der Waals surface area contributed by atoms with Crippen molar-refractivity contribution in [3.05, 3.63) is 65.5 Å². The van der Waals surface area contributed by atoms with Crippen LogP contribution < -0.4 is 5.32 Å². The molecule has 0 radical (unpaired) electrons. The summed E-state index contributed by atoms with van der Waals surface area (Å²) in [6, 6.07) is 15.9. The summed E-state index contributed by atoms with van der Waals surface area (Å²) in [5, 5.41) is 9.22. The molecule has 0 aliphatic carbocycles. The van der Waals surface area contributed by atoms with E-state index in [0.29, 0.717) is 12.1 Å². The fourth-order valence-electron chi connectivity index (χ4n) is 3.03. The van der Waals surface area contributed by atoms with E-state index in [1.165, 1.54) is 7.11 Å². The Labute approximate surface area is 158 Å². The lowest BCUT2D eigenvalue weighted by atomic mass is 9.97. The minimum absolute atomic E-state index is 0.188. The number of rotatable bonds is 6. The van der Waals surface area contributed by atoms with Gasteiger partial charge in [-0.25, -0.2) is 0 Å². The number of methoxy groups -OCH3 is 1. The molecule has 140 valence electrons. The summed E-state index contributed by atoms with van der Waals surface area (Å²) in [6.45, 7) is 2.06. The maximum Gasteiger partial charge on any atom is 0.310 e. The first kappa shape index (κ1) is 18.6. The maximum absolute atomic E-state index is 12.3. The number of aromatic nitrogens is 2. The Morgan fingerprint density at radius 2 is 1.89 bits per heavy atom. The number of nitrogens with one attached hydrogen (secondary N) is 1. The molecule has 0 bridgehead atoms. The van der Waals surface area contributed by atoms with Crippen molar-refractivity contribution in [2.75, 3.05) is 13.7 Å². The third kappa shape index (κ3) is 4.34. The van der Waals surface area contributed by atoms with E-state index >= 15 is 0 Å². The molecule has 1 unspecified atom stereocenters. The van der Waals surface area contributed by atoms with Gasteiger partial charge >= 0.3 is 5.97 Å². The van der Waals surface area contributed by atoms with E-state index in [-0.39, 0.29) is 18.4 Å². The second kappa shape index (κ2) is 8.03. The number of hydrogen-bond acceptors (Lipinski definition) is 4. The molecule has 1 atom stereocenters. The molecule has 3 rings (SSSR count). The Kier molecular flexibility index (Phi) is 5.54. The maximum atomic E-state index is 12.3. The molecule has 0 aliphatic rings. The van der Waals surface area contributed by atoms with Crippen molar-refractivity contribution < 1.29 is 14.3 Å². The summed E-state index contributed by atoms with van der Waals surface area (Å²) in [5.41, 5.74) is 2.25. The van der Waals surface area contributed by atoms with E-state index in [0.717, 1.165) is 22.0 Å². The van der Waals surface area contributed by atoms with Crippen LogP contribution in [-0.2, 0) is 23.0 Å². The Morgan fingerprint density at radius 1 is 1.15 bits per heavy atom. The predicted octanol–water partition coefficient (Wildman–Crippen LogP) is 2.64. The molecule has 1 amide bonds. The lowest BCUT2D eigenvalue weighted by Crippen LogP contribution is -2.35. The van der Waals surface area contributed by atoms with Gasteiger partial charge in [-0.3, -0.25) is 14.3 Å². The molecule has 6 nitrogen and oxygen atoms in total. The van der Waals surface area contributed by atoms with Crippen molar-refractivity contribution >= 4 is 22.6 Å². The first-order chi connectivity index (χ1) is 13.0. The van der Waals surface area contributed by atoms with Gasteiger partial charge < -0.3 is 10.1 Å². The second-order valence-electron chi connectivity index (χ2n) is 6.61. The molecular weight excluding hydrogens is 342 g/mol. The number of ether oxygens (including phenoxy) is 1. The van der Waals surface area contributed by atoms with E-state index < -0.39 is 5.92 Å². The molecule has 1 N–H and O–H groups in total. The normalized spacial score (nSPS) is 12.0. The van der Waals surface area contributed by atoms with Crippen molar-refractivity contribution in [3.8, 4) is 0 Å². The van der Waals surface area contributed by atoms with Crippen LogP contribution in [-0.4, -0.2) is 35.3 Å². The summed E-state index contributed by atoms with van der Waals surface area (Å²) < 4.78 is 6.56. The lowest BCUT2D eigenvalue weighted by Gasteiger charge is -2.15. The van der Waals surface area contributed by atoms with E-state index in [4.69, 9.17) is 4.74 Å². The Hall–Kier alpha value is -3.15. The number of fused-ring (bicyclic) bond motifs is 1. The van der Waals surface area contributed by atoms with Crippen LogP contribution >= 0.6 is 0 Å². The molecule has 1 heterocycles. The Morgan fingerprint density at radius 3 is 2.56 bits per heavy atom. The molecule has 0 fully saturated rings. The van der Waals surface area contributed by atoms with E-state index in [9.17, 15) is 9.59 Å². The van der Waals surface area contributed by atoms with Gasteiger partial charge in [0, 0.05) is 19.3 Å². The number of amides is 1. The first-order valence-corrected chi connectivity index (χ1v) is 8.82. The van der Waals surface area contributed by atoms with Crippen molar-refractivity contribution in [2.24, 2.45) is 13.0 Å². The van der Waals surface area contributed by atoms with Gasteiger partial charge in [-0.1, -0.05) is 42.5 Å². The molecule has 0 saturated carbocycles. The SMILES string of the molecule is COC(=O)C(CNC(=O)c1cc(C)n(C)n1)Cc1ccc2ccccc2c1. The topological polar surface area (TPSA) is 73.2 Å². The lowest BCUT2D eigenvalue weighted by molar-refractivity contribution is -0.145. The highest BCUT2D eigenvalue weighted by molar-refractivity contribution is 5.92. The largest absolute Gasteiger partial charge is 0.469 e. The molecular formula is C21H23N3O3. The molecule has 0 spiro atoms. The van der Waals surface area contributed by atoms with Crippen LogP contribution in [0.2, 0.25) is 0 Å². The highest BCUT2D eigenvalue weighted by Gasteiger charge is 2.22. The van der Waals surface area contributed by atoms with Gasteiger partial charge in [0.25, 0.3) is 5.91 Å². The molecule has 2 aromatic carbocycles. The van der Waals surface area contributed by atoms with Gasteiger partial charge in [-0.15, -0.1) is 0 Å². The van der Waals surface area contributed by atoms with Crippen LogP contribution in [0.3, 0.4) is 0 Å². The average molecular weight is 365 g/mol. The van der Waals surface area contributed by atoms with Crippen LogP contribution in [0.1, 0.15) is 21.7 Å². The van der Waals surface area contributed by atoms with E-state index in [1.54, 1.807) is 17.8 Å². The Balaban J connectivity index is 1.71. The number of carbonyl (C=O) groups is 2. The van der Waals surface area contributed by atoms with Gasteiger partial charge in [0.05, 0.1) is 13.0 Å². The van der Waals surface area contributed by atoms with Gasteiger partial charge in [0.2, 0.25) is 0 Å². The minimum Gasteiger partial charge on any atom is -0.469 e. The Bertz CT molecular complexity index is 958. The molecule has 0 saturated heterocycles. The highest BCUT2D eigenvalue weighted by Crippen LogP contribution is 2.18. The summed E-state index contributed by atoms with van der Waals surface area (Å²) >= 11 is 0. The summed E-state index contributed by atoms with van der Waals surface area (Å²) in [4.78, 5) is 24.5. The van der Waals surface area contributed by atoms with Crippen LogP contribution in [0.4, 0.5) is 0 Å². The number of benzene rings is 2. The van der Waals surface area contributed by atoms with Crippen molar-refractivity contribution in [1.82, 2.24) is 15.1 Å². The van der Waals surface area contributed by atoms with Gasteiger partial charge in [-0.05, 0) is 35.7 Å². The van der Waals surface area contributed by atoms with E-state index in [1.807, 2.05) is 43.3 Å². The molecule has 0 aliphatic heterocycles. The van der Waals surface area contributed by atoms with Crippen LogP contribution in [0.15, 0.2) is 48.5 Å². The highest BCUT2D eigenvalue weighted by atomic mass is 16.5. The monoisotopic (exact) mass is 365 g/mol. The zero-order valence-electron chi connectivity index (χ0n) is 15.7. The van der Waals surface area contributed by atoms with Crippen molar-refractivity contribution in [1.29, 1.82) is 0 Å². The standard InChI is InChI=1S/C21H23N3O3/c1-14-10-19(23-24(14)2)20(25)22-13-18(21(26)27-3)12-15-8-9-16-6-4-5-7-17(16)11-15/h4-11,18H,12-13H2,1-3H3,(H,22,25). The third-order valence-electron chi connectivity index (χ3n) is 4.69. The fraction of sp³-hybridized carbons (Fsp3) is 0.286. The van der Waals surface area contributed by atoms with Gasteiger partial charge in [0.15, 0.2) is 0 Å². The molecule has 3 aromatic rings. The van der Waals surface area contributed by atoms with Crippen molar-refractivity contribution in [2.45, 2.75) is 13.3 Å². The summed E-state index contributed by atoms with van der Waals surface area (Å²) in [7, 11) is 3.14. The van der Waals surface area contributed by atoms with Crippen LogP contribution in [0.5, 0.6) is 0 Å². The minimum atomic E-state index is -0.468. The zero-order chi connectivity index (χ0) is 19.4. The number of esters is 1. The molecule has 1 aromatic heterocycles. The zero-order valence-corrected chi connectivity index (χ0v) is 15.7. The number of hydrogen-bond donors (Lipinski definition) is 1. The molecule has 27 heavy (non-hydrogen) atoms. The van der Waals surface area contributed by atoms with Crippen molar-refractivity contribution in [3.63, 3.8) is 0 Å². The molecule has 6 heteroatoms. The van der Waals surface area contributed by atoms with Gasteiger partial charge in [-0.2, -0.15) is 5.10 Å². The number of aryl methyl sites for hydroxylation is 2. The van der Waals surface area contributed by atoms with Gasteiger partial charge in [0.1, 0.15) is 5.69 Å². The van der Waals surface area contributed by atoms with Crippen LogP contribution in [0.25, 0.3) is 10.8 Å². The number of carbonyl (C=O) groups excluding carboxylic acids is 2. The number of nitrogens with zero attached hydrogens (tertiary/aromatic N) is 2. The summed E-state index contributed by atoms with van der Waals surface area (Å²) in [5.74, 6) is -1.11. The predicted molar refractivity (Wildman–Crippen MR) is 103 cm³/mol. The third-order valence-corrected chi connectivity index (χ3v) is 4.69. The van der Waals surface area contributed by atoms with Crippen LogP contribution in [0, 0.1) is 12.8 Å². The average Bonchev–Trinajstić information content (AvgIpc) is 3.02. The quantitative estimate of drug-likeness (QED) is 0.682. The first-order valence-electron chi connectivity index (χ1n) is 8.82. The van der Waals surface area contributed by atoms with E-state index in [2.05, 4.69) is 16.5 Å². The fourth-order valence-corrected chi connectivity index (χ4v) is 3.03. The summed E-state index contributed by atoms with van der Waals surface area (Å²) in [6.07, 6.45) is 0.485. The smallest absolute Gasteiger partial charge is 0.310 e.